The van der Waals surface area contributed by atoms with Crippen LogP contribution in [0.1, 0.15) is 24.1 Å². The fourth-order valence-corrected chi connectivity index (χ4v) is 2.53. The standard InChI is InChI=1S/C17H19N3O2/c1-3-16-19-14(11-22-16)10-18-9-13-8-12-6-4-5-7-15(12)20(2)17(13)21/h4-8,11,18H,3,9-10H2,1-2H3. The number of para-hydroxylation sites is 1. The first-order valence-corrected chi connectivity index (χ1v) is 7.40. The molecule has 2 aromatic heterocycles. The first-order valence-electron chi connectivity index (χ1n) is 7.40. The van der Waals surface area contributed by atoms with Crippen molar-refractivity contribution < 1.29 is 4.42 Å². The number of nitrogens with one attached hydrogen (secondary N) is 1. The number of aryl methyl sites for hydroxylation is 2. The minimum absolute atomic E-state index is 0.0283. The van der Waals surface area contributed by atoms with E-state index in [9.17, 15) is 4.79 Å². The molecule has 5 nitrogen and oxygen atoms in total. The van der Waals surface area contributed by atoms with Gasteiger partial charge in [-0.15, -0.1) is 0 Å². The average molecular weight is 297 g/mol. The Morgan fingerprint density at radius 2 is 2.09 bits per heavy atom. The number of benzene rings is 1. The molecule has 114 valence electrons. The lowest BCUT2D eigenvalue weighted by Crippen LogP contribution is -2.25. The van der Waals surface area contributed by atoms with Crippen LogP contribution in [0.5, 0.6) is 0 Å². The summed E-state index contributed by atoms with van der Waals surface area (Å²) in [5.41, 5.74) is 2.58. The van der Waals surface area contributed by atoms with Gasteiger partial charge in [0.25, 0.3) is 5.56 Å². The molecule has 0 fully saturated rings. The summed E-state index contributed by atoms with van der Waals surface area (Å²) in [6.45, 7) is 3.09. The van der Waals surface area contributed by atoms with E-state index < -0.39 is 0 Å². The number of hydrogen-bond donors (Lipinski definition) is 1. The van der Waals surface area contributed by atoms with E-state index in [2.05, 4.69) is 10.3 Å². The third kappa shape index (κ3) is 2.80. The zero-order valence-electron chi connectivity index (χ0n) is 12.8. The highest BCUT2D eigenvalue weighted by Gasteiger charge is 2.07. The molecule has 0 aliphatic rings. The second kappa shape index (κ2) is 6.15. The van der Waals surface area contributed by atoms with Crippen molar-refractivity contribution in [3.63, 3.8) is 0 Å². The second-order valence-electron chi connectivity index (χ2n) is 5.28. The van der Waals surface area contributed by atoms with Gasteiger partial charge in [0.1, 0.15) is 6.26 Å². The quantitative estimate of drug-likeness (QED) is 0.785. The molecule has 5 heteroatoms. The molecule has 0 saturated heterocycles. The molecular formula is C17H19N3O2. The Hall–Kier alpha value is -2.40. The van der Waals surface area contributed by atoms with E-state index in [0.717, 1.165) is 34.5 Å². The molecular weight excluding hydrogens is 278 g/mol. The average Bonchev–Trinajstić information content (AvgIpc) is 3.00. The lowest BCUT2D eigenvalue weighted by Gasteiger charge is -2.09. The van der Waals surface area contributed by atoms with Crippen molar-refractivity contribution in [1.29, 1.82) is 0 Å². The van der Waals surface area contributed by atoms with E-state index in [1.54, 1.807) is 17.9 Å². The number of aromatic nitrogens is 2. The molecule has 0 saturated carbocycles. The Balaban J connectivity index is 1.76. The van der Waals surface area contributed by atoms with E-state index in [1.807, 2.05) is 37.3 Å². The van der Waals surface area contributed by atoms with Crippen molar-refractivity contribution in [3.8, 4) is 0 Å². The van der Waals surface area contributed by atoms with E-state index in [-0.39, 0.29) is 5.56 Å². The van der Waals surface area contributed by atoms with Crippen LogP contribution < -0.4 is 10.9 Å². The highest BCUT2D eigenvalue weighted by atomic mass is 16.3. The predicted molar refractivity (Wildman–Crippen MR) is 85.6 cm³/mol. The van der Waals surface area contributed by atoms with Gasteiger partial charge < -0.3 is 14.3 Å². The number of rotatable bonds is 5. The SMILES string of the molecule is CCc1nc(CNCc2cc3ccccc3n(C)c2=O)co1. The summed E-state index contributed by atoms with van der Waals surface area (Å²) < 4.78 is 6.99. The minimum atomic E-state index is 0.0283. The van der Waals surface area contributed by atoms with Gasteiger partial charge in [0, 0.05) is 32.1 Å². The topological polar surface area (TPSA) is 60.1 Å². The van der Waals surface area contributed by atoms with Crippen molar-refractivity contribution in [1.82, 2.24) is 14.9 Å². The lowest BCUT2D eigenvalue weighted by atomic mass is 10.1. The first-order chi connectivity index (χ1) is 10.7. The zero-order valence-corrected chi connectivity index (χ0v) is 12.8. The fraction of sp³-hybridized carbons (Fsp3) is 0.294. The molecule has 0 radical (unpaired) electrons. The van der Waals surface area contributed by atoms with Crippen LogP contribution in [0.2, 0.25) is 0 Å². The maximum atomic E-state index is 12.4. The Morgan fingerprint density at radius 1 is 1.27 bits per heavy atom. The fourth-order valence-electron chi connectivity index (χ4n) is 2.53. The van der Waals surface area contributed by atoms with Crippen LogP contribution in [0.15, 0.2) is 45.8 Å². The number of pyridine rings is 1. The summed E-state index contributed by atoms with van der Waals surface area (Å²) in [5, 5.41) is 4.32. The van der Waals surface area contributed by atoms with Gasteiger partial charge in [-0.25, -0.2) is 4.98 Å². The van der Waals surface area contributed by atoms with Crippen molar-refractivity contribution in [2.75, 3.05) is 0 Å². The summed E-state index contributed by atoms with van der Waals surface area (Å²) in [5.74, 6) is 0.735. The molecule has 0 spiro atoms. The lowest BCUT2D eigenvalue weighted by molar-refractivity contribution is 0.500. The molecule has 3 rings (SSSR count). The highest BCUT2D eigenvalue weighted by molar-refractivity contribution is 5.79. The molecule has 1 N–H and O–H groups in total. The third-order valence-electron chi connectivity index (χ3n) is 3.73. The Kier molecular flexibility index (Phi) is 4.06. The van der Waals surface area contributed by atoms with Gasteiger partial charge in [-0.1, -0.05) is 25.1 Å². The molecule has 0 amide bonds. The maximum Gasteiger partial charge on any atom is 0.255 e. The molecule has 0 atom stereocenters. The van der Waals surface area contributed by atoms with Gasteiger partial charge in [0.15, 0.2) is 5.89 Å². The van der Waals surface area contributed by atoms with Crippen LogP contribution in [0.4, 0.5) is 0 Å². The summed E-state index contributed by atoms with van der Waals surface area (Å²) in [6, 6.07) is 9.84. The summed E-state index contributed by atoms with van der Waals surface area (Å²) >= 11 is 0. The highest BCUT2D eigenvalue weighted by Crippen LogP contribution is 2.12. The molecule has 1 aromatic carbocycles. The largest absolute Gasteiger partial charge is 0.449 e. The predicted octanol–water partition coefficient (Wildman–Crippen LogP) is 2.38. The monoisotopic (exact) mass is 297 g/mol. The van der Waals surface area contributed by atoms with Crippen molar-refractivity contribution >= 4 is 10.9 Å². The van der Waals surface area contributed by atoms with Crippen molar-refractivity contribution in [3.05, 3.63) is 64.1 Å². The van der Waals surface area contributed by atoms with Crippen molar-refractivity contribution in [2.24, 2.45) is 7.05 Å². The molecule has 2 heterocycles. The molecule has 3 aromatic rings. The first kappa shape index (κ1) is 14.5. The second-order valence-corrected chi connectivity index (χ2v) is 5.28. The number of hydrogen-bond acceptors (Lipinski definition) is 4. The van der Waals surface area contributed by atoms with Gasteiger partial charge in [-0.2, -0.15) is 0 Å². The number of fused-ring (bicyclic) bond motifs is 1. The molecule has 22 heavy (non-hydrogen) atoms. The van der Waals surface area contributed by atoms with E-state index in [0.29, 0.717) is 13.1 Å². The Labute approximate surface area is 128 Å². The van der Waals surface area contributed by atoms with Gasteiger partial charge in [-0.3, -0.25) is 4.79 Å². The van der Waals surface area contributed by atoms with Crippen LogP contribution in [0.3, 0.4) is 0 Å². The van der Waals surface area contributed by atoms with Crippen LogP contribution >= 0.6 is 0 Å². The van der Waals surface area contributed by atoms with Gasteiger partial charge in [-0.05, 0) is 17.5 Å². The maximum absolute atomic E-state index is 12.4. The van der Waals surface area contributed by atoms with E-state index >= 15 is 0 Å². The number of nitrogens with zero attached hydrogens (tertiary/aromatic N) is 2. The minimum Gasteiger partial charge on any atom is -0.449 e. The third-order valence-corrected chi connectivity index (χ3v) is 3.73. The smallest absolute Gasteiger partial charge is 0.255 e. The summed E-state index contributed by atoms with van der Waals surface area (Å²) in [7, 11) is 1.80. The van der Waals surface area contributed by atoms with E-state index in [1.165, 1.54) is 0 Å². The van der Waals surface area contributed by atoms with Gasteiger partial charge >= 0.3 is 0 Å². The van der Waals surface area contributed by atoms with Crippen LogP contribution in [0.25, 0.3) is 10.9 Å². The van der Waals surface area contributed by atoms with E-state index in [4.69, 9.17) is 4.42 Å². The van der Waals surface area contributed by atoms with Gasteiger partial charge in [0.05, 0.1) is 11.2 Å². The number of oxazole rings is 1. The summed E-state index contributed by atoms with van der Waals surface area (Å²) in [6.07, 6.45) is 2.44. The van der Waals surface area contributed by atoms with Crippen molar-refractivity contribution in [2.45, 2.75) is 26.4 Å². The summed E-state index contributed by atoms with van der Waals surface area (Å²) in [4.78, 5) is 16.7. The zero-order chi connectivity index (χ0) is 15.5. The molecule has 0 aliphatic heterocycles. The molecule has 0 unspecified atom stereocenters. The normalized spacial score (nSPS) is 11.2. The molecule has 0 bridgehead atoms. The van der Waals surface area contributed by atoms with Gasteiger partial charge in [0.2, 0.25) is 0 Å². The Bertz CT molecular complexity index is 848. The van der Waals surface area contributed by atoms with Crippen LogP contribution in [0, 0.1) is 0 Å². The molecule has 0 aliphatic carbocycles. The van der Waals surface area contributed by atoms with Crippen LogP contribution in [-0.2, 0) is 26.6 Å². The van der Waals surface area contributed by atoms with Crippen LogP contribution in [-0.4, -0.2) is 9.55 Å². The Morgan fingerprint density at radius 3 is 2.86 bits per heavy atom.